The number of anilines is 1. The van der Waals surface area contributed by atoms with E-state index in [0.717, 1.165) is 42.1 Å². The van der Waals surface area contributed by atoms with Crippen LogP contribution in [0.15, 0.2) is 48.5 Å². The predicted molar refractivity (Wildman–Crippen MR) is 96.9 cm³/mol. The molecule has 0 aromatic heterocycles. The first-order valence-corrected chi connectivity index (χ1v) is 8.53. The molecule has 1 heterocycles. The average molecular weight is 324 g/mol. The zero-order chi connectivity index (χ0) is 16.8. The van der Waals surface area contributed by atoms with Crippen molar-refractivity contribution in [1.29, 1.82) is 0 Å². The minimum atomic E-state index is -0.00704. The molecule has 4 nitrogen and oxygen atoms in total. The molecule has 3 rings (SSSR count). The van der Waals surface area contributed by atoms with Gasteiger partial charge in [-0.15, -0.1) is 0 Å². The maximum absolute atomic E-state index is 12.6. The van der Waals surface area contributed by atoms with E-state index in [2.05, 4.69) is 10.2 Å². The third-order valence-electron chi connectivity index (χ3n) is 4.47. The van der Waals surface area contributed by atoms with Crippen LogP contribution in [-0.4, -0.2) is 32.7 Å². The Morgan fingerprint density at radius 1 is 1.08 bits per heavy atom. The van der Waals surface area contributed by atoms with Gasteiger partial charge in [-0.3, -0.25) is 4.79 Å². The van der Waals surface area contributed by atoms with Gasteiger partial charge in [0.1, 0.15) is 5.75 Å². The standard InChI is InChI=1S/C20H24N2O2/c1-24-19-11-5-2-8-16(19)12-13-21-20(23)17-9-3-4-10-18(17)22-14-6-7-15-22/h2-5,8-11H,6-7,12-15H2,1H3,(H,21,23). The number of amides is 1. The minimum Gasteiger partial charge on any atom is -0.496 e. The quantitative estimate of drug-likeness (QED) is 0.887. The first kappa shape index (κ1) is 16.4. The van der Waals surface area contributed by atoms with Crippen molar-refractivity contribution in [2.75, 3.05) is 31.6 Å². The molecule has 0 spiro atoms. The van der Waals surface area contributed by atoms with Crippen LogP contribution in [0, 0.1) is 0 Å². The molecule has 126 valence electrons. The van der Waals surface area contributed by atoms with Gasteiger partial charge >= 0.3 is 0 Å². The molecular formula is C20H24N2O2. The highest BCUT2D eigenvalue weighted by Crippen LogP contribution is 2.24. The lowest BCUT2D eigenvalue weighted by molar-refractivity contribution is 0.0954. The third kappa shape index (κ3) is 3.70. The molecule has 1 fully saturated rings. The van der Waals surface area contributed by atoms with Crippen LogP contribution in [0.4, 0.5) is 5.69 Å². The van der Waals surface area contributed by atoms with E-state index in [0.29, 0.717) is 6.54 Å². The van der Waals surface area contributed by atoms with Crippen molar-refractivity contribution in [2.45, 2.75) is 19.3 Å². The molecule has 1 N–H and O–H groups in total. The number of nitrogens with zero attached hydrogens (tertiary/aromatic N) is 1. The van der Waals surface area contributed by atoms with Crippen LogP contribution in [-0.2, 0) is 6.42 Å². The lowest BCUT2D eigenvalue weighted by Crippen LogP contribution is -2.28. The monoisotopic (exact) mass is 324 g/mol. The summed E-state index contributed by atoms with van der Waals surface area (Å²) >= 11 is 0. The fourth-order valence-corrected chi connectivity index (χ4v) is 3.21. The number of para-hydroxylation sites is 2. The number of ether oxygens (including phenoxy) is 1. The SMILES string of the molecule is COc1ccccc1CCNC(=O)c1ccccc1N1CCCC1. The summed E-state index contributed by atoms with van der Waals surface area (Å²) in [6.07, 6.45) is 3.15. The van der Waals surface area contributed by atoms with E-state index in [-0.39, 0.29) is 5.91 Å². The molecule has 0 unspecified atom stereocenters. The van der Waals surface area contributed by atoms with Gasteiger partial charge in [0.25, 0.3) is 5.91 Å². The lowest BCUT2D eigenvalue weighted by Gasteiger charge is -2.21. The number of carbonyl (C=O) groups is 1. The Morgan fingerprint density at radius 3 is 2.58 bits per heavy atom. The van der Waals surface area contributed by atoms with Crippen LogP contribution < -0.4 is 15.0 Å². The first-order chi connectivity index (χ1) is 11.8. The number of hydrogen-bond donors (Lipinski definition) is 1. The second kappa shape index (κ2) is 7.86. The molecule has 4 heteroatoms. The van der Waals surface area contributed by atoms with Crippen molar-refractivity contribution in [3.05, 3.63) is 59.7 Å². The van der Waals surface area contributed by atoms with Gasteiger partial charge in [-0.2, -0.15) is 0 Å². The molecule has 0 saturated carbocycles. The highest BCUT2D eigenvalue weighted by molar-refractivity contribution is 5.99. The van der Waals surface area contributed by atoms with Crippen molar-refractivity contribution in [2.24, 2.45) is 0 Å². The second-order valence-electron chi connectivity index (χ2n) is 6.03. The van der Waals surface area contributed by atoms with Gasteiger partial charge in [-0.1, -0.05) is 30.3 Å². The normalized spacial score (nSPS) is 13.8. The topological polar surface area (TPSA) is 41.6 Å². The van der Waals surface area contributed by atoms with Gasteiger partial charge in [-0.05, 0) is 43.0 Å². The Labute approximate surface area is 143 Å². The maximum Gasteiger partial charge on any atom is 0.253 e. The molecule has 2 aromatic rings. The first-order valence-electron chi connectivity index (χ1n) is 8.53. The molecule has 24 heavy (non-hydrogen) atoms. The van der Waals surface area contributed by atoms with Gasteiger partial charge < -0.3 is 15.0 Å². The number of carbonyl (C=O) groups excluding carboxylic acids is 1. The molecule has 1 amide bonds. The van der Waals surface area contributed by atoms with E-state index in [1.54, 1.807) is 7.11 Å². The Kier molecular flexibility index (Phi) is 5.36. The number of benzene rings is 2. The predicted octanol–water partition coefficient (Wildman–Crippen LogP) is 3.27. The largest absolute Gasteiger partial charge is 0.496 e. The van der Waals surface area contributed by atoms with E-state index in [1.165, 1.54) is 12.8 Å². The fourth-order valence-electron chi connectivity index (χ4n) is 3.21. The van der Waals surface area contributed by atoms with Crippen molar-refractivity contribution >= 4 is 11.6 Å². The maximum atomic E-state index is 12.6. The highest BCUT2D eigenvalue weighted by Gasteiger charge is 2.18. The number of rotatable bonds is 6. The number of nitrogens with one attached hydrogen (secondary N) is 1. The Balaban J connectivity index is 1.63. The molecule has 1 aliphatic rings. The zero-order valence-corrected chi connectivity index (χ0v) is 14.1. The highest BCUT2D eigenvalue weighted by atomic mass is 16.5. The molecule has 1 aliphatic heterocycles. The summed E-state index contributed by atoms with van der Waals surface area (Å²) in [5.74, 6) is 0.858. The molecule has 0 bridgehead atoms. The molecule has 1 saturated heterocycles. The molecular weight excluding hydrogens is 300 g/mol. The van der Waals surface area contributed by atoms with Gasteiger partial charge in [0.05, 0.1) is 12.7 Å². The van der Waals surface area contributed by atoms with Gasteiger partial charge in [0, 0.05) is 25.3 Å². The molecule has 0 atom stereocenters. The number of methoxy groups -OCH3 is 1. The number of hydrogen-bond acceptors (Lipinski definition) is 3. The van der Waals surface area contributed by atoms with Crippen LogP contribution in [0.25, 0.3) is 0 Å². The van der Waals surface area contributed by atoms with Gasteiger partial charge in [0.2, 0.25) is 0 Å². The van der Waals surface area contributed by atoms with Crippen molar-refractivity contribution in [3.63, 3.8) is 0 Å². The zero-order valence-electron chi connectivity index (χ0n) is 14.1. The third-order valence-corrected chi connectivity index (χ3v) is 4.47. The van der Waals surface area contributed by atoms with Crippen LogP contribution in [0.1, 0.15) is 28.8 Å². The van der Waals surface area contributed by atoms with E-state index >= 15 is 0 Å². The summed E-state index contributed by atoms with van der Waals surface area (Å²) in [6.45, 7) is 2.66. The summed E-state index contributed by atoms with van der Waals surface area (Å²) in [6, 6.07) is 15.8. The lowest BCUT2D eigenvalue weighted by atomic mass is 10.1. The summed E-state index contributed by atoms with van der Waals surface area (Å²) in [5.41, 5.74) is 2.91. The van der Waals surface area contributed by atoms with Crippen LogP contribution in [0.2, 0.25) is 0 Å². The van der Waals surface area contributed by atoms with Crippen LogP contribution in [0.5, 0.6) is 5.75 Å². The summed E-state index contributed by atoms with van der Waals surface area (Å²) < 4.78 is 5.35. The van der Waals surface area contributed by atoms with Crippen molar-refractivity contribution in [1.82, 2.24) is 5.32 Å². The van der Waals surface area contributed by atoms with Crippen molar-refractivity contribution < 1.29 is 9.53 Å². The Hall–Kier alpha value is -2.49. The Bertz CT molecular complexity index is 694. The van der Waals surface area contributed by atoms with E-state index in [1.807, 2.05) is 48.5 Å². The van der Waals surface area contributed by atoms with E-state index in [4.69, 9.17) is 4.74 Å². The van der Waals surface area contributed by atoms with Crippen molar-refractivity contribution in [3.8, 4) is 5.75 Å². The summed E-state index contributed by atoms with van der Waals surface area (Å²) in [4.78, 5) is 14.9. The summed E-state index contributed by atoms with van der Waals surface area (Å²) in [5, 5.41) is 3.04. The van der Waals surface area contributed by atoms with E-state index in [9.17, 15) is 4.79 Å². The van der Waals surface area contributed by atoms with Gasteiger partial charge in [0.15, 0.2) is 0 Å². The van der Waals surface area contributed by atoms with E-state index < -0.39 is 0 Å². The van der Waals surface area contributed by atoms with Crippen LogP contribution in [0.3, 0.4) is 0 Å². The minimum absolute atomic E-state index is 0.00704. The second-order valence-corrected chi connectivity index (χ2v) is 6.03. The fraction of sp³-hybridized carbons (Fsp3) is 0.350. The molecule has 0 radical (unpaired) electrons. The molecule has 0 aliphatic carbocycles. The van der Waals surface area contributed by atoms with Crippen LogP contribution >= 0.6 is 0 Å². The van der Waals surface area contributed by atoms with Gasteiger partial charge in [-0.25, -0.2) is 0 Å². The smallest absolute Gasteiger partial charge is 0.253 e. The average Bonchev–Trinajstić information content (AvgIpc) is 3.16. The molecule has 2 aromatic carbocycles. The summed E-state index contributed by atoms with van der Waals surface area (Å²) in [7, 11) is 1.67. The Morgan fingerprint density at radius 2 is 1.79 bits per heavy atom.